The van der Waals surface area contributed by atoms with Gasteiger partial charge < -0.3 is 0 Å². The second-order valence-electron chi connectivity index (χ2n) is 5.33. The normalized spacial score (nSPS) is 13.1. The van der Waals surface area contributed by atoms with Gasteiger partial charge in [0.05, 0.1) is 0 Å². The quantitative estimate of drug-likeness (QED) is 0.617. The van der Waals surface area contributed by atoms with E-state index in [2.05, 4.69) is 52.0 Å². The topological polar surface area (TPSA) is 0 Å². The Bertz CT molecular complexity index is 281. The summed E-state index contributed by atoms with van der Waals surface area (Å²) in [5.41, 5.74) is 2.94. The Morgan fingerprint density at radius 3 is 2.06 bits per heavy atom. The Kier molecular flexibility index (Phi) is 5.59. The molecule has 0 N–H and O–H groups in total. The SMILES string of the molecule is CCCC(C)CCc1ccc(C(C)C)cc1. The van der Waals surface area contributed by atoms with Crippen molar-refractivity contribution < 1.29 is 0 Å². The van der Waals surface area contributed by atoms with Gasteiger partial charge in [0.1, 0.15) is 0 Å². The van der Waals surface area contributed by atoms with Crippen molar-refractivity contribution in [1.82, 2.24) is 0 Å². The lowest BCUT2D eigenvalue weighted by molar-refractivity contribution is 0.486. The van der Waals surface area contributed by atoms with Crippen LogP contribution in [-0.2, 0) is 6.42 Å². The summed E-state index contributed by atoms with van der Waals surface area (Å²) in [4.78, 5) is 0. The zero-order valence-electron chi connectivity index (χ0n) is 11.3. The molecule has 90 valence electrons. The van der Waals surface area contributed by atoms with Crippen LogP contribution in [0.15, 0.2) is 24.3 Å². The van der Waals surface area contributed by atoms with Crippen LogP contribution < -0.4 is 0 Å². The van der Waals surface area contributed by atoms with E-state index in [1.54, 1.807) is 0 Å². The van der Waals surface area contributed by atoms with Gasteiger partial charge in [0.2, 0.25) is 0 Å². The van der Waals surface area contributed by atoms with E-state index in [1.807, 2.05) is 0 Å². The highest BCUT2D eigenvalue weighted by Gasteiger charge is 2.02. The summed E-state index contributed by atoms with van der Waals surface area (Å²) in [5, 5.41) is 0. The van der Waals surface area contributed by atoms with E-state index in [-0.39, 0.29) is 0 Å². The van der Waals surface area contributed by atoms with Crippen LogP contribution in [0.1, 0.15) is 64.0 Å². The molecule has 0 nitrogen and oxygen atoms in total. The highest BCUT2D eigenvalue weighted by atomic mass is 14.1. The molecule has 0 aliphatic carbocycles. The van der Waals surface area contributed by atoms with Crippen molar-refractivity contribution in [2.75, 3.05) is 0 Å². The molecule has 1 aromatic rings. The standard InChI is InChI=1S/C16H26/c1-5-6-14(4)7-8-15-9-11-16(12-10-15)13(2)3/h9-14H,5-8H2,1-4H3. The van der Waals surface area contributed by atoms with Crippen LogP contribution in [0.2, 0.25) is 0 Å². The van der Waals surface area contributed by atoms with Gasteiger partial charge in [-0.1, -0.05) is 64.8 Å². The van der Waals surface area contributed by atoms with Crippen molar-refractivity contribution in [3.63, 3.8) is 0 Å². The van der Waals surface area contributed by atoms with Crippen LogP contribution in [0, 0.1) is 5.92 Å². The largest absolute Gasteiger partial charge is 0.0654 e. The number of rotatable bonds is 6. The molecule has 1 unspecified atom stereocenters. The zero-order chi connectivity index (χ0) is 12.0. The Balaban J connectivity index is 2.43. The molecule has 0 fully saturated rings. The second kappa shape index (κ2) is 6.73. The van der Waals surface area contributed by atoms with E-state index in [0.717, 1.165) is 5.92 Å². The number of aryl methyl sites for hydroxylation is 1. The van der Waals surface area contributed by atoms with Crippen LogP contribution in [0.25, 0.3) is 0 Å². The van der Waals surface area contributed by atoms with Gasteiger partial charge >= 0.3 is 0 Å². The van der Waals surface area contributed by atoms with Crippen molar-refractivity contribution >= 4 is 0 Å². The van der Waals surface area contributed by atoms with Crippen molar-refractivity contribution in [2.24, 2.45) is 5.92 Å². The van der Waals surface area contributed by atoms with Crippen LogP contribution in [0.4, 0.5) is 0 Å². The molecule has 1 rings (SSSR count). The Morgan fingerprint density at radius 2 is 1.56 bits per heavy atom. The summed E-state index contributed by atoms with van der Waals surface area (Å²) in [6.45, 7) is 9.14. The molecule has 0 saturated carbocycles. The third-order valence-electron chi connectivity index (χ3n) is 3.35. The predicted molar refractivity (Wildman–Crippen MR) is 72.9 cm³/mol. The summed E-state index contributed by atoms with van der Waals surface area (Å²) in [6.07, 6.45) is 5.24. The lowest BCUT2D eigenvalue weighted by Crippen LogP contribution is -1.97. The zero-order valence-corrected chi connectivity index (χ0v) is 11.3. The lowest BCUT2D eigenvalue weighted by Gasteiger charge is -2.10. The van der Waals surface area contributed by atoms with Gasteiger partial charge in [-0.25, -0.2) is 0 Å². The maximum atomic E-state index is 2.37. The average molecular weight is 218 g/mol. The molecule has 0 bridgehead atoms. The van der Waals surface area contributed by atoms with E-state index in [0.29, 0.717) is 5.92 Å². The van der Waals surface area contributed by atoms with Crippen LogP contribution in [0.3, 0.4) is 0 Å². The maximum absolute atomic E-state index is 2.37. The molecule has 1 aromatic carbocycles. The molecular weight excluding hydrogens is 192 g/mol. The van der Waals surface area contributed by atoms with Crippen molar-refractivity contribution in [1.29, 1.82) is 0 Å². The minimum atomic E-state index is 0.646. The Labute approximate surface area is 101 Å². The van der Waals surface area contributed by atoms with Gasteiger partial charge in [0.15, 0.2) is 0 Å². The molecule has 0 radical (unpaired) electrons. The van der Waals surface area contributed by atoms with Crippen LogP contribution in [0.5, 0.6) is 0 Å². The molecule has 0 heteroatoms. The molecule has 0 aromatic heterocycles. The maximum Gasteiger partial charge on any atom is -0.0219 e. The summed E-state index contributed by atoms with van der Waals surface area (Å²) in [5.74, 6) is 1.52. The van der Waals surface area contributed by atoms with Crippen molar-refractivity contribution in [2.45, 2.75) is 59.3 Å². The third kappa shape index (κ3) is 4.38. The van der Waals surface area contributed by atoms with Crippen LogP contribution in [-0.4, -0.2) is 0 Å². The van der Waals surface area contributed by atoms with Crippen molar-refractivity contribution in [3.05, 3.63) is 35.4 Å². The fourth-order valence-corrected chi connectivity index (χ4v) is 2.12. The predicted octanol–water partition coefficient (Wildman–Crippen LogP) is 5.18. The Morgan fingerprint density at radius 1 is 0.938 bits per heavy atom. The van der Waals surface area contributed by atoms with Gasteiger partial charge in [-0.05, 0) is 35.8 Å². The van der Waals surface area contributed by atoms with E-state index >= 15 is 0 Å². The number of benzene rings is 1. The first-order valence-electron chi connectivity index (χ1n) is 6.72. The van der Waals surface area contributed by atoms with Crippen LogP contribution >= 0.6 is 0 Å². The first-order chi connectivity index (χ1) is 7.63. The lowest BCUT2D eigenvalue weighted by atomic mass is 9.95. The number of hydrogen-bond acceptors (Lipinski definition) is 0. The van der Waals surface area contributed by atoms with Crippen molar-refractivity contribution in [3.8, 4) is 0 Å². The molecule has 0 heterocycles. The molecule has 16 heavy (non-hydrogen) atoms. The van der Waals surface area contributed by atoms with Gasteiger partial charge in [-0.3, -0.25) is 0 Å². The monoisotopic (exact) mass is 218 g/mol. The fraction of sp³-hybridized carbons (Fsp3) is 0.625. The second-order valence-corrected chi connectivity index (χ2v) is 5.33. The van der Waals surface area contributed by atoms with E-state index in [9.17, 15) is 0 Å². The van der Waals surface area contributed by atoms with E-state index in [1.165, 1.54) is 36.8 Å². The van der Waals surface area contributed by atoms with Gasteiger partial charge in [-0.15, -0.1) is 0 Å². The molecule has 0 saturated heterocycles. The molecule has 0 amide bonds. The highest BCUT2D eigenvalue weighted by molar-refractivity contribution is 5.24. The van der Waals surface area contributed by atoms with Gasteiger partial charge in [0, 0.05) is 0 Å². The average Bonchev–Trinajstić information content (AvgIpc) is 2.27. The molecule has 0 spiro atoms. The summed E-state index contributed by atoms with van der Waals surface area (Å²) in [7, 11) is 0. The van der Waals surface area contributed by atoms with E-state index < -0.39 is 0 Å². The first kappa shape index (κ1) is 13.3. The summed E-state index contributed by atoms with van der Waals surface area (Å²) < 4.78 is 0. The Hall–Kier alpha value is -0.780. The minimum Gasteiger partial charge on any atom is -0.0654 e. The van der Waals surface area contributed by atoms with E-state index in [4.69, 9.17) is 0 Å². The highest BCUT2D eigenvalue weighted by Crippen LogP contribution is 2.18. The number of hydrogen-bond donors (Lipinski definition) is 0. The molecule has 1 atom stereocenters. The summed E-state index contributed by atoms with van der Waals surface area (Å²) in [6, 6.07) is 9.16. The molecule has 0 aliphatic rings. The smallest absolute Gasteiger partial charge is 0.0219 e. The fourth-order valence-electron chi connectivity index (χ4n) is 2.12. The summed E-state index contributed by atoms with van der Waals surface area (Å²) >= 11 is 0. The first-order valence-corrected chi connectivity index (χ1v) is 6.72. The molecule has 0 aliphatic heterocycles. The van der Waals surface area contributed by atoms with Gasteiger partial charge in [-0.2, -0.15) is 0 Å². The van der Waals surface area contributed by atoms with Gasteiger partial charge in [0.25, 0.3) is 0 Å². The third-order valence-corrected chi connectivity index (χ3v) is 3.35. The molecular formula is C16H26. The minimum absolute atomic E-state index is 0.646.